The number of rotatable bonds is 2. The van der Waals surface area contributed by atoms with Crippen molar-refractivity contribution in [2.45, 2.75) is 13.8 Å². The second kappa shape index (κ2) is 7.16. The summed E-state index contributed by atoms with van der Waals surface area (Å²) in [6.07, 6.45) is 0. The highest BCUT2D eigenvalue weighted by Gasteiger charge is 2.25. The average Bonchev–Trinajstić information content (AvgIpc) is 2.49. The van der Waals surface area contributed by atoms with Crippen LogP contribution in [0.2, 0.25) is 0 Å². The zero-order valence-electron chi connectivity index (χ0n) is 11.6. The SMILES string of the molecule is CC(=N\N)/C(=N/O)N1CCN(C(=N/O)/C(C)=N/N)CC1. The van der Waals surface area contributed by atoms with Crippen molar-refractivity contribution in [3.05, 3.63) is 0 Å². The van der Waals surface area contributed by atoms with E-state index in [9.17, 15) is 0 Å². The molecule has 10 nitrogen and oxygen atoms in total. The maximum atomic E-state index is 9.02. The molecule has 1 fully saturated rings. The Morgan fingerprint density at radius 3 is 1.30 bits per heavy atom. The van der Waals surface area contributed by atoms with E-state index < -0.39 is 0 Å². The number of piperazine rings is 1. The molecule has 0 spiro atoms. The third-order valence-electron chi connectivity index (χ3n) is 3.10. The fraction of sp³-hybridized carbons (Fsp3) is 0.600. The van der Waals surface area contributed by atoms with Gasteiger partial charge < -0.3 is 31.9 Å². The Bertz CT molecular complexity index is 406. The summed E-state index contributed by atoms with van der Waals surface area (Å²) in [6.45, 7) is 5.55. The molecule has 1 aliphatic heterocycles. The van der Waals surface area contributed by atoms with Crippen molar-refractivity contribution in [2.24, 2.45) is 32.2 Å². The van der Waals surface area contributed by atoms with Gasteiger partial charge in [0, 0.05) is 26.2 Å². The van der Waals surface area contributed by atoms with Crippen molar-refractivity contribution in [3.8, 4) is 0 Å². The zero-order valence-corrected chi connectivity index (χ0v) is 11.6. The summed E-state index contributed by atoms with van der Waals surface area (Å²) in [5, 5.41) is 31.5. The summed E-state index contributed by atoms with van der Waals surface area (Å²) in [7, 11) is 0. The summed E-state index contributed by atoms with van der Waals surface area (Å²) in [5.41, 5.74) is 0.883. The highest BCUT2D eigenvalue weighted by atomic mass is 16.4. The first-order chi connectivity index (χ1) is 9.58. The molecule has 112 valence electrons. The van der Waals surface area contributed by atoms with Crippen LogP contribution in [0.3, 0.4) is 0 Å². The highest BCUT2D eigenvalue weighted by molar-refractivity contribution is 6.41. The molecule has 20 heavy (non-hydrogen) atoms. The molecule has 0 aromatic carbocycles. The van der Waals surface area contributed by atoms with Crippen LogP contribution in [0.15, 0.2) is 20.5 Å². The second-order valence-corrected chi connectivity index (χ2v) is 4.25. The summed E-state index contributed by atoms with van der Waals surface area (Å²) in [6, 6.07) is 0. The average molecular weight is 284 g/mol. The van der Waals surface area contributed by atoms with Crippen molar-refractivity contribution < 1.29 is 10.4 Å². The van der Waals surface area contributed by atoms with E-state index in [0.29, 0.717) is 49.3 Å². The van der Waals surface area contributed by atoms with Gasteiger partial charge in [0.15, 0.2) is 11.7 Å². The molecule has 0 aromatic heterocycles. The Kier molecular flexibility index (Phi) is 5.56. The van der Waals surface area contributed by atoms with Gasteiger partial charge in [-0.3, -0.25) is 0 Å². The molecule has 0 saturated carbocycles. The fourth-order valence-electron chi connectivity index (χ4n) is 1.97. The molecular weight excluding hydrogens is 264 g/mol. The Morgan fingerprint density at radius 2 is 1.10 bits per heavy atom. The van der Waals surface area contributed by atoms with Crippen molar-refractivity contribution in [3.63, 3.8) is 0 Å². The van der Waals surface area contributed by atoms with Crippen LogP contribution in [0.1, 0.15) is 13.8 Å². The molecule has 0 aliphatic carbocycles. The molecule has 0 radical (unpaired) electrons. The molecule has 10 heteroatoms. The van der Waals surface area contributed by atoms with Crippen LogP contribution < -0.4 is 11.7 Å². The second-order valence-electron chi connectivity index (χ2n) is 4.25. The number of hydrogen-bond acceptors (Lipinski definition) is 8. The van der Waals surface area contributed by atoms with Crippen molar-refractivity contribution in [1.82, 2.24) is 9.80 Å². The summed E-state index contributed by atoms with van der Waals surface area (Å²) in [4.78, 5) is 3.68. The van der Waals surface area contributed by atoms with Gasteiger partial charge >= 0.3 is 0 Å². The first-order valence-corrected chi connectivity index (χ1v) is 6.02. The monoisotopic (exact) mass is 284 g/mol. The molecule has 0 unspecified atom stereocenters. The minimum Gasteiger partial charge on any atom is -0.409 e. The van der Waals surface area contributed by atoms with E-state index in [0.717, 1.165) is 0 Å². The van der Waals surface area contributed by atoms with Gasteiger partial charge in [0.05, 0.1) is 0 Å². The predicted molar refractivity (Wildman–Crippen MR) is 76.2 cm³/mol. The van der Waals surface area contributed by atoms with Gasteiger partial charge in [-0.15, -0.1) is 0 Å². The van der Waals surface area contributed by atoms with Crippen molar-refractivity contribution >= 4 is 23.1 Å². The van der Waals surface area contributed by atoms with Gasteiger partial charge in [0.2, 0.25) is 0 Å². The molecule has 0 aromatic rings. The fourth-order valence-corrected chi connectivity index (χ4v) is 1.97. The standard InChI is InChI=1S/C10H20N8O2/c1-7(13-11)9(15-19)17-3-5-18(6-4-17)10(16-20)8(2)14-12/h19-20H,3-6,11-12H2,1-2H3/b13-7+,14-8+,15-9-,16-10+. The van der Waals surface area contributed by atoms with Crippen LogP contribution in [0, 0.1) is 0 Å². The molecule has 0 atom stereocenters. The normalized spacial score (nSPS) is 19.5. The molecular formula is C10H20N8O2. The van der Waals surface area contributed by atoms with Gasteiger partial charge in [-0.2, -0.15) is 10.2 Å². The Morgan fingerprint density at radius 1 is 0.800 bits per heavy atom. The molecule has 0 amide bonds. The summed E-state index contributed by atoms with van der Waals surface area (Å²) in [5.74, 6) is 11.0. The van der Waals surface area contributed by atoms with Gasteiger partial charge in [0.1, 0.15) is 11.4 Å². The van der Waals surface area contributed by atoms with Crippen LogP contribution in [0.5, 0.6) is 0 Å². The molecule has 6 N–H and O–H groups in total. The number of hydrogen-bond donors (Lipinski definition) is 4. The largest absolute Gasteiger partial charge is 0.409 e. The molecule has 1 saturated heterocycles. The van der Waals surface area contributed by atoms with Gasteiger partial charge in [0.25, 0.3) is 0 Å². The van der Waals surface area contributed by atoms with Crippen molar-refractivity contribution in [1.29, 1.82) is 0 Å². The van der Waals surface area contributed by atoms with Crippen LogP contribution in [0.4, 0.5) is 0 Å². The van der Waals surface area contributed by atoms with E-state index in [2.05, 4.69) is 20.5 Å². The van der Waals surface area contributed by atoms with E-state index in [4.69, 9.17) is 22.1 Å². The predicted octanol–water partition coefficient (Wildman–Crippen LogP) is -1.15. The molecule has 1 rings (SSSR count). The number of nitrogens with zero attached hydrogens (tertiary/aromatic N) is 6. The van der Waals surface area contributed by atoms with Gasteiger partial charge in [-0.05, 0) is 13.8 Å². The lowest BCUT2D eigenvalue weighted by Crippen LogP contribution is -2.53. The summed E-state index contributed by atoms with van der Waals surface area (Å²) >= 11 is 0. The first kappa shape index (κ1) is 15.5. The first-order valence-electron chi connectivity index (χ1n) is 6.02. The maximum absolute atomic E-state index is 9.02. The van der Waals surface area contributed by atoms with Crippen LogP contribution in [-0.4, -0.2) is 69.5 Å². The molecule has 0 bridgehead atoms. The van der Waals surface area contributed by atoms with Crippen LogP contribution in [0.25, 0.3) is 0 Å². The molecule has 1 aliphatic rings. The van der Waals surface area contributed by atoms with E-state index in [1.165, 1.54) is 0 Å². The van der Waals surface area contributed by atoms with E-state index >= 15 is 0 Å². The summed E-state index contributed by atoms with van der Waals surface area (Å²) < 4.78 is 0. The highest BCUT2D eigenvalue weighted by Crippen LogP contribution is 2.06. The maximum Gasteiger partial charge on any atom is 0.191 e. The van der Waals surface area contributed by atoms with Gasteiger partial charge in [-0.25, -0.2) is 0 Å². The third-order valence-corrected chi connectivity index (χ3v) is 3.10. The lowest BCUT2D eigenvalue weighted by atomic mass is 10.2. The lowest BCUT2D eigenvalue weighted by Gasteiger charge is -2.36. The number of hydrazone groups is 2. The number of nitrogens with two attached hydrogens (primary N) is 2. The third kappa shape index (κ3) is 3.28. The Balaban J connectivity index is 2.73. The Labute approximate surface area is 116 Å². The zero-order chi connectivity index (χ0) is 15.1. The number of amidine groups is 2. The Hall–Kier alpha value is -2.52. The molecule has 1 heterocycles. The van der Waals surface area contributed by atoms with Crippen molar-refractivity contribution in [2.75, 3.05) is 26.2 Å². The van der Waals surface area contributed by atoms with E-state index in [1.54, 1.807) is 13.8 Å². The lowest BCUT2D eigenvalue weighted by molar-refractivity contribution is 0.237. The van der Waals surface area contributed by atoms with Crippen LogP contribution in [-0.2, 0) is 0 Å². The minimum atomic E-state index is 0.332. The van der Waals surface area contributed by atoms with E-state index in [-0.39, 0.29) is 0 Å². The number of oxime groups is 2. The topological polar surface area (TPSA) is 148 Å². The van der Waals surface area contributed by atoms with Crippen LogP contribution >= 0.6 is 0 Å². The smallest absolute Gasteiger partial charge is 0.191 e. The van der Waals surface area contributed by atoms with Gasteiger partial charge in [-0.1, -0.05) is 10.3 Å². The quantitative estimate of drug-likeness (QED) is 0.165. The minimum absolute atomic E-state index is 0.332. The van der Waals surface area contributed by atoms with E-state index in [1.807, 2.05) is 9.80 Å².